The Morgan fingerprint density at radius 3 is 2.68 bits per heavy atom. The number of carbonyl (C=O) groups excluding carboxylic acids is 1. The van der Waals surface area contributed by atoms with Crippen LogP contribution in [-0.2, 0) is 0 Å². The van der Waals surface area contributed by atoms with E-state index in [1.165, 1.54) is 0 Å². The second kappa shape index (κ2) is 7.01. The monoisotopic (exact) mass is 360 g/mol. The first-order valence-corrected chi connectivity index (χ1v) is 8.99. The van der Waals surface area contributed by atoms with Crippen molar-refractivity contribution in [2.24, 2.45) is 0 Å². The number of urea groups is 1. The lowest BCUT2D eigenvalue weighted by atomic mass is 10.3. The molecule has 0 spiro atoms. The first kappa shape index (κ1) is 16.4. The van der Waals surface area contributed by atoms with Gasteiger partial charge in [0.15, 0.2) is 0 Å². The number of fused-ring (bicyclic) bond motifs is 1. The maximum atomic E-state index is 11.6. The molecule has 0 atom stereocenters. The minimum absolute atomic E-state index is 0.0603. The minimum Gasteiger partial charge on any atom is -0.353 e. The fourth-order valence-corrected chi connectivity index (χ4v) is 3.48. The van der Waals surface area contributed by atoms with Gasteiger partial charge in [-0.15, -0.1) is 0 Å². The Morgan fingerprint density at radius 2 is 1.92 bits per heavy atom. The van der Waals surface area contributed by atoms with E-state index in [-0.39, 0.29) is 6.03 Å². The summed E-state index contributed by atoms with van der Waals surface area (Å²) in [7, 11) is 0. The largest absolute Gasteiger partial charge is 0.353 e. The zero-order chi connectivity index (χ0) is 17.2. The minimum atomic E-state index is 0.0603. The first-order valence-electron chi connectivity index (χ1n) is 8.61. The number of benzene rings is 1. The van der Waals surface area contributed by atoms with E-state index < -0.39 is 0 Å². The maximum absolute atomic E-state index is 11.6. The predicted molar refractivity (Wildman–Crippen MR) is 98.2 cm³/mol. The molecule has 0 radical (unpaired) electrons. The van der Waals surface area contributed by atoms with E-state index >= 15 is 0 Å². The quantitative estimate of drug-likeness (QED) is 0.893. The summed E-state index contributed by atoms with van der Waals surface area (Å²) >= 11 is 6.00. The highest BCUT2D eigenvalue weighted by Gasteiger charge is 2.22. The van der Waals surface area contributed by atoms with Gasteiger partial charge >= 0.3 is 6.03 Å². The molecule has 4 rings (SSSR count). The molecule has 2 aliphatic heterocycles. The molecule has 2 fully saturated rings. The lowest BCUT2D eigenvalue weighted by molar-refractivity contribution is 0.197. The molecule has 8 heteroatoms. The van der Waals surface area contributed by atoms with E-state index in [9.17, 15) is 4.79 Å². The molecule has 1 aromatic heterocycles. The highest BCUT2D eigenvalue weighted by Crippen LogP contribution is 2.20. The summed E-state index contributed by atoms with van der Waals surface area (Å²) < 4.78 is 0. The molecular formula is C17H21ClN6O. The van der Waals surface area contributed by atoms with Gasteiger partial charge in [0.1, 0.15) is 5.82 Å². The Bertz CT molecular complexity index is 777. The third-order valence-corrected chi connectivity index (χ3v) is 5.05. The molecule has 2 saturated heterocycles. The number of rotatable bonds is 4. The predicted octanol–water partition coefficient (Wildman–Crippen LogP) is 1.43. The number of nitrogens with one attached hydrogen (secondary N) is 1. The topological polar surface area (TPSA) is 64.6 Å². The van der Waals surface area contributed by atoms with Gasteiger partial charge in [-0.25, -0.2) is 9.78 Å². The molecule has 25 heavy (non-hydrogen) atoms. The Balaban J connectivity index is 1.33. The Hall–Kier alpha value is -2.12. The Kier molecular flexibility index (Phi) is 4.59. The molecule has 1 aromatic carbocycles. The molecule has 0 saturated carbocycles. The number of carbonyl (C=O) groups is 1. The second-order valence-corrected chi connectivity index (χ2v) is 6.85. The summed E-state index contributed by atoms with van der Waals surface area (Å²) in [5.41, 5.74) is 1.68. The van der Waals surface area contributed by atoms with Crippen LogP contribution < -0.4 is 10.2 Å². The molecule has 1 N–H and O–H groups in total. The lowest BCUT2D eigenvalue weighted by Gasteiger charge is -2.35. The number of amides is 2. The van der Waals surface area contributed by atoms with Crippen LogP contribution in [-0.4, -0.2) is 78.2 Å². The van der Waals surface area contributed by atoms with Crippen molar-refractivity contribution in [2.75, 3.05) is 57.3 Å². The van der Waals surface area contributed by atoms with Gasteiger partial charge in [0.05, 0.1) is 17.2 Å². The summed E-state index contributed by atoms with van der Waals surface area (Å²) in [6.07, 6.45) is 1.82. The normalized spacial score (nSPS) is 18.8. The summed E-state index contributed by atoms with van der Waals surface area (Å²) in [5.74, 6) is 0.911. The van der Waals surface area contributed by atoms with Crippen LogP contribution in [0.15, 0.2) is 24.4 Å². The van der Waals surface area contributed by atoms with Crippen molar-refractivity contribution in [3.05, 3.63) is 29.4 Å². The van der Waals surface area contributed by atoms with Gasteiger partial charge in [0.25, 0.3) is 0 Å². The van der Waals surface area contributed by atoms with Gasteiger partial charge < -0.3 is 15.1 Å². The molecule has 0 unspecified atom stereocenters. The van der Waals surface area contributed by atoms with Crippen LogP contribution in [0.1, 0.15) is 0 Å². The molecule has 132 valence electrons. The molecule has 7 nitrogen and oxygen atoms in total. The van der Waals surface area contributed by atoms with Crippen molar-refractivity contribution in [3.8, 4) is 0 Å². The van der Waals surface area contributed by atoms with Crippen LogP contribution in [0.25, 0.3) is 11.0 Å². The average Bonchev–Trinajstić information content (AvgIpc) is 3.05. The molecule has 2 aliphatic rings. The van der Waals surface area contributed by atoms with Crippen molar-refractivity contribution in [1.29, 1.82) is 0 Å². The van der Waals surface area contributed by atoms with E-state index in [0.717, 1.165) is 69.2 Å². The number of nitrogens with zero attached hydrogens (tertiary/aromatic N) is 5. The van der Waals surface area contributed by atoms with Crippen molar-refractivity contribution >= 4 is 34.5 Å². The number of hydrogen-bond acceptors (Lipinski definition) is 5. The lowest BCUT2D eigenvalue weighted by Crippen LogP contribution is -2.49. The zero-order valence-electron chi connectivity index (χ0n) is 14.0. The zero-order valence-corrected chi connectivity index (χ0v) is 14.7. The third kappa shape index (κ3) is 3.62. The van der Waals surface area contributed by atoms with Gasteiger partial charge in [0.2, 0.25) is 0 Å². The fourth-order valence-electron chi connectivity index (χ4n) is 3.31. The molecule has 3 heterocycles. The van der Waals surface area contributed by atoms with Gasteiger partial charge in [0, 0.05) is 57.4 Å². The maximum Gasteiger partial charge on any atom is 0.317 e. The van der Waals surface area contributed by atoms with E-state index in [1.54, 1.807) is 0 Å². The summed E-state index contributed by atoms with van der Waals surface area (Å²) in [5, 5.41) is 3.52. The molecule has 2 amide bonds. The number of halogens is 1. The van der Waals surface area contributed by atoms with Crippen molar-refractivity contribution in [2.45, 2.75) is 0 Å². The van der Waals surface area contributed by atoms with Crippen molar-refractivity contribution in [3.63, 3.8) is 0 Å². The summed E-state index contributed by atoms with van der Waals surface area (Å²) in [6, 6.07) is 5.64. The number of piperazine rings is 1. The second-order valence-electron chi connectivity index (χ2n) is 6.41. The SMILES string of the molecule is O=C1NCCN1CCN1CCN(c2cnc3cc(Cl)ccc3n2)CC1. The summed E-state index contributed by atoms with van der Waals surface area (Å²) in [4.78, 5) is 27.3. The summed E-state index contributed by atoms with van der Waals surface area (Å²) in [6.45, 7) is 7.06. The fraction of sp³-hybridized carbons (Fsp3) is 0.471. The van der Waals surface area contributed by atoms with E-state index in [0.29, 0.717) is 5.02 Å². The molecule has 0 bridgehead atoms. The molecule has 0 aliphatic carbocycles. The molecule has 2 aromatic rings. The number of hydrogen-bond donors (Lipinski definition) is 1. The standard InChI is InChI=1S/C17H21ClN6O/c18-13-1-2-14-15(11-13)20-12-16(21-14)23-8-5-22(6-9-23)7-10-24-4-3-19-17(24)25/h1-2,11-12H,3-10H2,(H,19,25). The van der Waals surface area contributed by atoms with E-state index in [1.807, 2.05) is 29.3 Å². The van der Waals surface area contributed by atoms with E-state index in [2.05, 4.69) is 20.1 Å². The van der Waals surface area contributed by atoms with Crippen LogP contribution in [0, 0.1) is 0 Å². The van der Waals surface area contributed by atoms with Gasteiger partial charge in [-0.1, -0.05) is 11.6 Å². The number of aromatic nitrogens is 2. The highest BCUT2D eigenvalue weighted by molar-refractivity contribution is 6.31. The van der Waals surface area contributed by atoms with Crippen molar-refractivity contribution < 1.29 is 4.79 Å². The third-order valence-electron chi connectivity index (χ3n) is 4.82. The molecular weight excluding hydrogens is 340 g/mol. The Morgan fingerprint density at radius 1 is 1.08 bits per heavy atom. The van der Waals surface area contributed by atoms with Crippen LogP contribution in [0.4, 0.5) is 10.6 Å². The van der Waals surface area contributed by atoms with Crippen LogP contribution in [0.5, 0.6) is 0 Å². The highest BCUT2D eigenvalue weighted by atomic mass is 35.5. The van der Waals surface area contributed by atoms with E-state index in [4.69, 9.17) is 16.6 Å². The van der Waals surface area contributed by atoms with Crippen LogP contribution >= 0.6 is 11.6 Å². The first-order chi connectivity index (χ1) is 12.2. The van der Waals surface area contributed by atoms with Gasteiger partial charge in [-0.05, 0) is 18.2 Å². The van der Waals surface area contributed by atoms with Crippen LogP contribution in [0.2, 0.25) is 5.02 Å². The smallest absolute Gasteiger partial charge is 0.317 e. The van der Waals surface area contributed by atoms with Crippen LogP contribution in [0.3, 0.4) is 0 Å². The van der Waals surface area contributed by atoms with Crippen molar-refractivity contribution in [1.82, 2.24) is 25.1 Å². The number of anilines is 1. The Labute approximate surface area is 151 Å². The average molecular weight is 361 g/mol. The van der Waals surface area contributed by atoms with Gasteiger partial charge in [-0.2, -0.15) is 0 Å². The van der Waals surface area contributed by atoms with Gasteiger partial charge in [-0.3, -0.25) is 9.88 Å².